The number of aromatic hydroxyl groups is 1. The zero-order valence-corrected chi connectivity index (χ0v) is 16.9. The van der Waals surface area contributed by atoms with E-state index in [0.717, 1.165) is 5.56 Å². The van der Waals surface area contributed by atoms with Crippen LogP contribution in [0, 0.1) is 3.57 Å². The predicted octanol–water partition coefficient (Wildman–Crippen LogP) is 1.83. The van der Waals surface area contributed by atoms with E-state index in [-0.39, 0.29) is 30.5 Å². The highest BCUT2D eigenvalue weighted by molar-refractivity contribution is 14.1. The number of rotatable bonds is 3. The Morgan fingerprint density at radius 2 is 2.10 bits per heavy atom. The Hall–Kier alpha value is -3.15. The Morgan fingerprint density at radius 1 is 1.28 bits per heavy atom. The molecule has 2 aromatic heterocycles. The molecule has 3 aromatic rings. The van der Waals surface area contributed by atoms with E-state index in [2.05, 4.69) is 15.6 Å². The van der Waals surface area contributed by atoms with Gasteiger partial charge in [-0.25, -0.2) is 4.79 Å². The maximum Gasteiger partial charge on any atom is 0.322 e. The molecule has 1 aromatic carbocycles. The fraction of sp³-hybridized carbons (Fsp3) is 0.158. The van der Waals surface area contributed by atoms with E-state index in [4.69, 9.17) is 4.42 Å². The Balaban J connectivity index is 1.57. The van der Waals surface area contributed by atoms with Crippen LogP contribution in [-0.4, -0.2) is 39.4 Å². The highest BCUT2D eigenvalue weighted by Crippen LogP contribution is 2.36. The molecule has 0 aliphatic carbocycles. The first kappa shape index (κ1) is 17.9. The van der Waals surface area contributed by atoms with Gasteiger partial charge in [0.05, 0.1) is 15.7 Å². The number of imide groups is 1. The maximum atomic E-state index is 13.0. The number of aromatic nitrogens is 1. The molecule has 4 amide bonds. The number of nitrogens with zero attached hydrogens (tertiary/aromatic N) is 2. The molecule has 1 fully saturated rings. The number of furan rings is 1. The Labute approximate surface area is 177 Å². The van der Waals surface area contributed by atoms with Crippen molar-refractivity contribution in [3.63, 3.8) is 0 Å². The average molecular weight is 504 g/mol. The molecule has 29 heavy (non-hydrogen) atoms. The molecule has 4 heterocycles. The zero-order valence-electron chi connectivity index (χ0n) is 14.7. The van der Waals surface area contributed by atoms with Gasteiger partial charge in [0.25, 0.3) is 11.8 Å². The van der Waals surface area contributed by atoms with Crippen molar-refractivity contribution in [2.45, 2.75) is 12.1 Å². The number of amides is 4. The van der Waals surface area contributed by atoms with E-state index in [0.29, 0.717) is 20.2 Å². The molecule has 0 spiro atoms. The number of phenolic OH excluding ortho intramolecular Hbond substituents is 1. The minimum absolute atomic E-state index is 0.0181. The summed E-state index contributed by atoms with van der Waals surface area (Å²) in [5.74, 6) is -0.730. The van der Waals surface area contributed by atoms with Crippen molar-refractivity contribution in [3.8, 4) is 5.75 Å². The summed E-state index contributed by atoms with van der Waals surface area (Å²) in [7, 11) is 0. The van der Waals surface area contributed by atoms with Gasteiger partial charge < -0.3 is 19.7 Å². The first-order valence-corrected chi connectivity index (χ1v) is 9.75. The highest BCUT2D eigenvalue weighted by atomic mass is 127. The summed E-state index contributed by atoms with van der Waals surface area (Å²) in [4.78, 5) is 43.5. The molecule has 1 saturated heterocycles. The van der Waals surface area contributed by atoms with Crippen LogP contribution in [0.5, 0.6) is 5.75 Å². The van der Waals surface area contributed by atoms with Crippen LogP contribution in [0.4, 0.5) is 4.79 Å². The third-order valence-electron chi connectivity index (χ3n) is 5.15. The molecule has 3 N–H and O–H groups in total. The van der Waals surface area contributed by atoms with E-state index < -0.39 is 17.5 Å². The van der Waals surface area contributed by atoms with Gasteiger partial charge in [0.15, 0.2) is 11.1 Å². The molecule has 1 unspecified atom stereocenters. The molecule has 5 rings (SSSR count). The van der Waals surface area contributed by atoms with Gasteiger partial charge in [-0.3, -0.25) is 19.9 Å². The molecule has 9 nitrogen and oxygen atoms in total. The number of benzene rings is 1. The molecule has 146 valence electrons. The van der Waals surface area contributed by atoms with Gasteiger partial charge in [-0.2, -0.15) is 0 Å². The molecule has 0 saturated carbocycles. The lowest BCUT2D eigenvalue weighted by Crippen LogP contribution is -2.52. The lowest BCUT2D eigenvalue weighted by atomic mass is 9.95. The molecule has 2 aliphatic heterocycles. The summed E-state index contributed by atoms with van der Waals surface area (Å²) in [5.41, 5.74) is 0.556. The number of hydrogen-bond acceptors (Lipinski definition) is 6. The second-order valence-corrected chi connectivity index (χ2v) is 7.98. The maximum absolute atomic E-state index is 13.0. The van der Waals surface area contributed by atoms with E-state index in [9.17, 15) is 19.5 Å². The van der Waals surface area contributed by atoms with Crippen LogP contribution in [0.1, 0.15) is 21.7 Å². The monoisotopic (exact) mass is 504 g/mol. The van der Waals surface area contributed by atoms with Gasteiger partial charge in [-0.05, 0) is 46.4 Å². The predicted molar refractivity (Wildman–Crippen MR) is 108 cm³/mol. The van der Waals surface area contributed by atoms with Gasteiger partial charge in [0.2, 0.25) is 0 Å². The number of fused-ring (bicyclic) bond motifs is 2. The van der Waals surface area contributed by atoms with E-state index in [1.165, 1.54) is 11.0 Å². The van der Waals surface area contributed by atoms with Gasteiger partial charge in [0.1, 0.15) is 17.0 Å². The number of carbonyl (C=O) groups excluding carboxylic acids is 3. The Morgan fingerprint density at radius 3 is 2.83 bits per heavy atom. The molecule has 1 atom stereocenters. The fourth-order valence-corrected chi connectivity index (χ4v) is 4.51. The first-order valence-electron chi connectivity index (χ1n) is 8.67. The molecule has 0 bridgehead atoms. The lowest BCUT2D eigenvalue weighted by Gasteiger charge is -2.29. The van der Waals surface area contributed by atoms with Crippen LogP contribution in [0.25, 0.3) is 11.1 Å². The normalized spacial score (nSPS) is 20.9. The minimum Gasteiger partial charge on any atom is -0.507 e. The number of nitrogens with one attached hydrogen (secondary N) is 2. The van der Waals surface area contributed by atoms with Crippen molar-refractivity contribution in [1.82, 2.24) is 20.5 Å². The topological polar surface area (TPSA) is 125 Å². The number of hydrogen-bond donors (Lipinski definition) is 3. The summed E-state index contributed by atoms with van der Waals surface area (Å²) in [6, 6.07) is 7.53. The van der Waals surface area contributed by atoms with Crippen LogP contribution in [0.3, 0.4) is 0 Å². The SMILES string of the molecule is O=C1NC(=O)C(CN2Cc3ccc(O)c(I)c3C2=O)(c2cc3ncccc3o2)N1. The van der Waals surface area contributed by atoms with Crippen molar-refractivity contribution in [2.24, 2.45) is 0 Å². The summed E-state index contributed by atoms with van der Waals surface area (Å²) in [6.07, 6.45) is 1.59. The smallest absolute Gasteiger partial charge is 0.322 e. The van der Waals surface area contributed by atoms with Crippen molar-refractivity contribution in [2.75, 3.05) is 6.54 Å². The summed E-state index contributed by atoms with van der Waals surface area (Å²) in [6.45, 7) is 0.114. The van der Waals surface area contributed by atoms with Gasteiger partial charge >= 0.3 is 6.03 Å². The van der Waals surface area contributed by atoms with E-state index in [1.54, 1.807) is 30.5 Å². The second-order valence-electron chi connectivity index (χ2n) is 6.91. The number of halogens is 1. The minimum atomic E-state index is -1.58. The Kier molecular flexibility index (Phi) is 3.81. The van der Waals surface area contributed by atoms with Crippen LogP contribution in [-0.2, 0) is 16.9 Å². The van der Waals surface area contributed by atoms with Crippen molar-refractivity contribution >= 4 is 51.5 Å². The molecular formula is C19H13IN4O5. The van der Waals surface area contributed by atoms with Crippen LogP contribution < -0.4 is 10.6 Å². The summed E-state index contributed by atoms with van der Waals surface area (Å²) < 4.78 is 6.28. The molecule has 0 radical (unpaired) electrons. The summed E-state index contributed by atoms with van der Waals surface area (Å²) in [5, 5.41) is 14.8. The molecule has 10 heteroatoms. The highest BCUT2D eigenvalue weighted by Gasteiger charge is 2.53. The van der Waals surface area contributed by atoms with Crippen molar-refractivity contribution in [1.29, 1.82) is 0 Å². The molecule has 2 aliphatic rings. The van der Waals surface area contributed by atoms with Gasteiger partial charge in [0, 0.05) is 18.8 Å². The molecular weight excluding hydrogens is 491 g/mol. The first-order chi connectivity index (χ1) is 13.9. The van der Waals surface area contributed by atoms with Gasteiger partial charge in [-0.1, -0.05) is 6.07 Å². The Bertz CT molecular complexity index is 1190. The zero-order chi connectivity index (χ0) is 20.3. The number of phenols is 1. The van der Waals surface area contributed by atoms with Crippen LogP contribution in [0.15, 0.2) is 40.9 Å². The average Bonchev–Trinajstić information content (AvgIpc) is 3.34. The second kappa shape index (κ2) is 6.17. The third-order valence-corrected chi connectivity index (χ3v) is 6.24. The lowest BCUT2D eigenvalue weighted by molar-refractivity contribution is -0.125. The van der Waals surface area contributed by atoms with Crippen LogP contribution >= 0.6 is 22.6 Å². The van der Waals surface area contributed by atoms with E-state index in [1.807, 2.05) is 22.6 Å². The number of pyridine rings is 1. The summed E-state index contributed by atoms with van der Waals surface area (Å²) >= 11 is 1.92. The van der Waals surface area contributed by atoms with Gasteiger partial charge in [-0.15, -0.1) is 0 Å². The van der Waals surface area contributed by atoms with Crippen molar-refractivity contribution < 1.29 is 23.9 Å². The largest absolute Gasteiger partial charge is 0.507 e. The standard InChI is InChI=1S/C19H13IN4O5/c20-15-11(25)4-3-9-7-24(16(26)14(9)15)8-19(17(27)22-18(28)23-19)13-6-10-12(29-13)2-1-5-21-10/h1-6,25H,7-8H2,(H2,22,23,27,28). The number of urea groups is 1. The fourth-order valence-electron chi connectivity index (χ4n) is 3.75. The van der Waals surface area contributed by atoms with Crippen molar-refractivity contribution in [3.05, 3.63) is 57.0 Å². The number of carbonyl (C=O) groups is 3. The quantitative estimate of drug-likeness (QED) is 0.370. The van der Waals surface area contributed by atoms with Crippen LogP contribution in [0.2, 0.25) is 0 Å². The third kappa shape index (κ3) is 2.58. The van der Waals surface area contributed by atoms with E-state index >= 15 is 0 Å².